The molecule has 2 N–H and O–H groups in total. The smallest absolute Gasteiger partial charge is 0.387 e. The molecule has 0 radical (unpaired) electrons. The summed E-state index contributed by atoms with van der Waals surface area (Å²) in [5, 5.41) is 0. The van der Waals surface area contributed by atoms with E-state index in [4.69, 9.17) is 16.4 Å². The first-order chi connectivity index (χ1) is 11.6. The summed E-state index contributed by atoms with van der Waals surface area (Å²) in [6, 6.07) is 11.0. The van der Waals surface area contributed by atoms with Gasteiger partial charge < -0.3 is 15.2 Å². The van der Waals surface area contributed by atoms with E-state index >= 15 is 0 Å². The maximum absolute atomic E-state index is 11.8. The van der Waals surface area contributed by atoms with Crippen molar-refractivity contribution in [3.8, 4) is 11.5 Å². The maximum Gasteiger partial charge on any atom is 0.387 e. The number of anilines is 1. The number of halogens is 5. The molecule has 0 aromatic heterocycles. The highest BCUT2D eigenvalue weighted by Gasteiger charge is 2.18. The monoisotopic (exact) mass is 401 g/mol. The van der Waals surface area contributed by atoms with Crippen LogP contribution in [0.15, 0.2) is 53.4 Å². The Hall–Kier alpha value is -2.20. The second kappa shape index (κ2) is 9.33. The number of hydrogen-bond acceptors (Lipinski definition) is 5. The maximum atomic E-state index is 11.8. The van der Waals surface area contributed by atoms with Gasteiger partial charge >= 0.3 is 13.2 Å². The molecular weight excluding hydrogens is 390 g/mol. The van der Waals surface area contributed by atoms with Gasteiger partial charge in [-0.25, -0.2) is 8.42 Å². The van der Waals surface area contributed by atoms with Gasteiger partial charge in [-0.3, -0.25) is 0 Å². The molecule has 0 saturated heterocycles. The van der Waals surface area contributed by atoms with Gasteiger partial charge in [0.15, 0.2) is 0 Å². The number of para-hydroxylation sites is 3. The summed E-state index contributed by atoms with van der Waals surface area (Å²) in [7, 11) is 0.929. The SMILES string of the molecule is Nc1ccccc1OC(F)F.O=S(=O)(Cl)c1ccccc1OC(F)F. The molecule has 0 aliphatic heterocycles. The topological polar surface area (TPSA) is 78.6 Å². The Morgan fingerprint density at radius 2 is 1.28 bits per heavy atom. The summed E-state index contributed by atoms with van der Waals surface area (Å²) in [4.78, 5) is -0.470. The molecule has 0 aliphatic carbocycles. The van der Waals surface area contributed by atoms with Crippen molar-refractivity contribution in [1.82, 2.24) is 0 Å². The van der Waals surface area contributed by atoms with Gasteiger partial charge in [-0.2, -0.15) is 17.6 Å². The Morgan fingerprint density at radius 1 is 0.840 bits per heavy atom. The number of hydrogen-bond donors (Lipinski definition) is 1. The molecule has 5 nitrogen and oxygen atoms in total. The molecule has 0 spiro atoms. The third-order valence-corrected chi connectivity index (χ3v) is 3.82. The Kier molecular flexibility index (Phi) is 7.78. The highest BCUT2D eigenvalue weighted by molar-refractivity contribution is 8.13. The van der Waals surface area contributed by atoms with Crippen LogP contribution in [0.4, 0.5) is 23.2 Å². The lowest BCUT2D eigenvalue weighted by atomic mass is 10.3. The van der Waals surface area contributed by atoms with Gasteiger partial charge in [-0.15, -0.1) is 0 Å². The van der Waals surface area contributed by atoms with Crippen molar-refractivity contribution in [3.63, 3.8) is 0 Å². The Balaban J connectivity index is 0.000000257. The zero-order valence-electron chi connectivity index (χ0n) is 12.3. The van der Waals surface area contributed by atoms with Crippen molar-refractivity contribution in [2.24, 2.45) is 0 Å². The Labute approximate surface area is 145 Å². The van der Waals surface area contributed by atoms with Crippen molar-refractivity contribution in [2.75, 3.05) is 5.73 Å². The van der Waals surface area contributed by atoms with E-state index in [0.717, 1.165) is 12.1 Å². The average molecular weight is 402 g/mol. The van der Waals surface area contributed by atoms with Crippen LogP contribution in [0.2, 0.25) is 0 Å². The van der Waals surface area contributed by atoms with Gasteiger partial charge in [0, 0.05) is 10.7 Å². The number of alkyl halides is 4. The van der Waals surface area contributed by atoms with Crippen LogP contribution >= 0.6 is 10.7 Å². The fraction of sp³-hybridized carbons (Fsp3) is 0.143. The van der Waals surface area contributed by atoms with Crippen molar-refractivity contribution in [2.45, 2.75) is 18.1 Å². The standard InChI is InChI=1S/C7H5ClF2O3S.C7H7F2NO/c8-14(11,12)6-4-2-1-3-5(6)13-7(9)10;8-7(9)11-6-4-2-1-3-5(6)10/h1-4,7H;1-4,7H,10H2. The largest absolute Gasteiger partial charge is 0.433 e. The van der Waals surface area contributed by atoms with Crippen LogP contribution in [0, 0.1) is 0 Å². The molecule has 11 heteroatoms. The van der Waals surface area contributed by atoms with Gasteiger partial charge in [0.05, 0.1) is 5.69 Å². The average Bonchev–Trinajstić information content (AvgIpc) is 2.49. The van der Waals surface area contributed by atoms with E-state index < -0.39 is 32.9 Å². The zero-order chi connectivity index (χ0) is 19.0. The first-order valence-corrected chi connectivity index (χ1v) is 8.70. The molecule has 0 saturated carbocycles. The Morgan fingerprint density at radius 3 is 1.76 bits per heavy atom. The van der Waals surface area contributed by atoms with E-state index in [1.54, 1.807) is 12.1 Å². The van der Waals surface area contributed by atoms with Crippen LogP contribution in [0.3, 0.4) is 0 Å². The number of benzene rings is 2. The summed E-state index contributed by atoms with van der Waals surface area (Å²) in [6.45, 7) is -5.91. The van der Waals surface area contributed by atoms with Crippen molar-refractivity contribution >= 4 is 25.4 Å². The highest BCUT2D eigenvalue weighted by atomic mass is 35.7. The molecule has 0 heterocycles. The van der Waals surface area contributed by atoms with E-state index in [-0.39, 0.29) is 11.4 Å². The van der Waals surface area contributed by atoms with E-state index in [2.05, 4.69) is 9.47 Å². The molecule has 2 aromatic carbocycles. The lowest BCUT2D eigenvalue weighted by Crippen LogP contribution is -2.05. The predicted molar refractivity (Wildman–Crippen MR) is 83.6 cm³/mol. The Bertz CT molecular complexity index is 790. The molecule has 2 aromatic rings. The number of ether oxygens (including phenoxy) is 2. The second-order valence-electron chi connectivity index (χ2n) is 4.18. The molecule has 0 bridgehead atoms. The number of nitrogen functional groups attached to an aromatic ring is 1. The fourth-order valence-electron chi connectivity index (χ4n) is 1.53. The minimum absolute atomic E-state index is 0.0162. The molecule has 0 unspecified atom stereocenters. The number of rotatable bonds is 5. The first kappa shape index (κ1) is 20.8. The lowest BCUT2D eigenvalue weighted by molar-refractivity contribution is -0.0519. The van der Waals surface area contributed by atoms with Crippen molar-refractivity contribution < 1.29 is 35.5 Å². The molecule has 0 atom stereocenters. The summed E-state index contributed by atoms with van der Waals surface area (Å²) in [5.74, 6) is -0.444. The van der Waals surface area contributed by atoms with Gasteiger partial charge in [-0.05, 0) is 24.3 Å². The zero-order valence-corrected chi connectivity index (χ0v) is 13.9. The third-order valence-electron chi connectivity index (χ3n) is 2.46. The number of nitrogens with two attached hydrogens (primary N) is 1. The molecule has 138 valence electrons. The fourth-order valence-corrected chi connectivity index (χ4v) is 2.51. The van der Waals surface area contributed by atoms with E-state index in [9.17, 15) is 26.0 Å². The normalized spacial score (nSPS) is 11.0. The van der Waals surface area contributed by atoms with Crippen molar-refractivity contribution in [3.05, 3.63) is 48.5 Å². The van der Waals surface area contributed by atoms with Crippen LogP contribution in [-0.4, -0.2) is 21.6 Å². The summed E-state index contributed by atoms with van der Waals surface area (Å²) >= 11 is 0. The van der Waals surface area contributed by atoms with Crippen LogP contribution in [0.5, 0.6) is 11.5 Å². The highest BCUT2D eigenvalue weighted by Crippen LogP contribution is 2.27. The lowest BCUT2D eigenvalue weighted by Gasteiger charge is -2.07. The molecule has 25 heavy (non-hydrogen) atoms. The second-order valence-corrected chi connectivity index (χ2v) is 6.71. The minimum Gasteiger partial charge on any atom is -0.433 e. The van der Waals surface area contributed by atoms with Crippen LogP contribution in [0.25, 0.3) is 0 Å². The van der Waals surface area contributed by atoms with E-state index in [1.165, 1.54) is 24.3 Å². The van der Waals surface area contributed by atoms with Crippen LogP contribution in [-0.2, 0) is 9.05 Å². The molecule has 0 amide bonds. The molecular formula is C14H12ClF4NO4S. The summed E-state index contributed by atoms with van der Waals surface area (Å²) in [5.41, 5.74) is 5.53. The minimum atomic E-state index is -4.07. The quantitative estimate of drug-likeness (QED) is 0.464. The van der Waals surface area contributed by atoms with E-state index in [0.29, 0.717) is 0 Å². The molecule has 0 fully saturated rings. The van der Waals surface area contributed by atoms with Crippen molar-refractivity contribution in [1.29, 1.82) is 0 Å². The third kappa shape index (κ3) is 7.48. The van der Waals surface area contributed by atoms with Crippen LogP contribution < -0.4 is 15.2 Å². The van der Waals surface area contributed by atoms with Gasteiger partial charge in [0.1, 0.15) is 16.4 Å². The molecule has 0 aliphatic rings. The first-order valence-electron chi connectivity index (χ1n) is 6.39. The predicted octanol–water partition coefficient (Wildman–Crippen LogP) is 4.09. The van der Waals surface area contributed by atoms with E-state index in [1.807, 2.05) is 0 Å². The van der Waals surface area contributed by atoms with Crippen LogP contribution in [0.1, 0.15) is 0 Å². The summed E-state index contributed by atoms with van der Waals surface area (Å²) in [6.07, 6.45) is 0. The van der Waals surface area contributed by atoms with Gasteiger partial charge in [0.2, 0.25) is 0 Å². The van der Waals surface area contributed by atoms with Gasteiger partial charge in [-0.1, -0.05) is 24.3 Å². The van der Waals surface area contributed by atoms with Gasteiger partial charge in [0.25, 0.3) is 9.05 Å². The summed E-state index contributed by atoms with van der Waals surface area (Å²) < 4.78 is 76.7. The molecule has 2 rings (SSSR count).